The van der Waals surface area contributed by atoms with E-state index in [-0.39, 0.29) is 5.91 Å². The Hall–Kier alpha value is -0.100. The van der Waals surface area contributed by atoms with Crippen molar-refractivity contribution in [3.8, 4) is 0 Å². The van der Waals surface area contributed by atoms with Gasteiger partial charge in [-0.1, -0.05) is 0 Å². The van der Waals surface area contributed by atoms with Crippen molar-refractivity contribution in [1.29, 1.82) is 0 Å². The molecule has 4 nitrogen and oxygen atoms in total. The summed E-state index contributed by atoms with van der Waals surface area (Å²) in [4.78, 5) is 21.3. The summed E-state index contributed by atoms with van der Waals surface area (Å²) >= 11 is 5.71. The molecule has 0 aromatic carbocycles. The molecule has 0 fully saturated rings. The van der Waals surface area contributed by atoms with E-state index in [1.165, 1.54) is 0 Å². The van der Waals surface area contributed by atoms with Crippen LogP contribution in [-0.2, 0) is 9.59 Å². The first kappa shape index (κ1) is 10.9. The second kappa shape index (κ2) is 4.06. The zero-order valence-electron chi connectivity index (χ0n) is 6.10. The zero-order valence-corrected chi connectivity index (χ0v) is 9.27. The average Bonchev–Trinajstić information content (AvgIpc) is 2.01. The fourth-order valence-electron chi connectivity index (χ4n) is 0.344. The van der Waals surface area contributed by atoms with Gasteiger partial charge in [-0.05, 0) is 13.8 Å². The number of amides is 2. The van der Waals surface area contributed by atoms with E-state index in [2.05, 4.69) is 36.6 Å². The molecule has 0 aliphatic carbocycles. The molecule has 11 heavy (non-hydrogen) atoms. The Morgan fingerprint density at radius 3 is 2.36 bits per heavy atom. The third-order valence-electron chi connectivity index (χ3n) is 1.27. The van der Waals surface area contributed by atoms with Crippen molar-refractivity contribution in [3.63, 3.8) is 0 Å². The maximum Gasteiger partial charge on any atom is 0.256 e. The first-order valence-electron chi connectivity index (χ1n) is 2.78. The summed E-state index contributed by atoms with van der Waals surface area (Å²) in [6.07, 6.45) is 0.530. The second-order valence-corrected chi connectivity index (χ2v) is 3.56. The number of halogens is 2. The highest BCUT2D eigenvalue weighted by molar-refractivity contribution is 9.08. The lowest BCUT2D eigenvalue weighted by Gasteiger charge is -2.27. The lowest BCUT2D eigenvalue weighted by atomic mass is 10.1. The number of hydrogen-bond acceptors (Lipinski definition) is 2. The molecule has 0 radical (unpaired) electrons. The molecule has 0 saturated heterocycles. The molecule has 0 rings (SSSR count). The SMILES string of the molecule is CC(C)(C(=O)NBr)N(Br)C=O. The summed E-state index contributed by atoms with van der Waals surface area (Å²) in [7, 11) is 0. The van der Waals surface area contributed by atoms with Crippen LogP contribution in [0.1, 0.15) is 13.8 Å². The van der Waals surface area contributed by atoms with Gasteiger partial charge in [0.2, 0.25) is 6.41 Å². The Balaban J connectivity index is 4.43. The molecule has 0 unspecified atom stereocenters. The predicted octanol–water partition coefficient (Wildman–Crippen LogP) is 0.959. The molecule has 0 atom stereocenters. The molecule has 64 valence electrons. The molecule has 0 aliphatic rings. The summed E-state index contributed by atoms with van der Waals surface area (Å²) in [5, 5.41) is 0. The minimum atomic E-state index is -0.898. The van der Waals surface area contributed by atoms with E-state index in [1.54, 1.807) is 13.8 Å². The molecule has 0 spiro atoms. The van der Waals surface area contributed by atoms with Crippen LogP contribution in [0.5, 0.6) is 0 Å². The van der Waals surface area contributed by atoms with Gasteiger partial charge in [0.15, 0.2) is 0 Å². The largest absolute Gasteiger partial charge is 0.291 e. The molecule has 0 aromatic heterocycles. The van der Waals surface area contributed by atoms with Crippen molar-refractivity contribution in [2.45, 2.75) is 19.4 Å². The molecule has 2 amide bonds. The zero-order chi connectivity index (χ0) is 9.07. The number of rotatable bonds is 3. The monoisotopic (exact) mass is 286 g/mol. The summed E-state index contributed by atoms with van der Waals surface area (Å²) in [6, 6.07) is 0. The summed E-state index contributed by atoms with van der Waals surface area (Å²) in [5.74, 6) is -0.304. The topological polar surface area (TPSA) is 49.4 Å². The highest BCUT2D eigenvalue weighted by Gasteiger charge is 2.32. The molecule has 0 saturated carbocycles. The van der Waals surface area contributed by atoms with E-state index in [4.69, 9.17) is 0 Å². The highest BCUT2D eigenvalue weighted by atomic mass is 79.9. The van der Waals surface area contributed by atoms with E-state index in [0.717, 1.165) is 3.93 Å². The van der Waals surface area contributed by atoms with Crippen molar-refractivity contribution < 1.29 is 9.59 Å². The number of nitrogens with one attached hydrogen (secondary N) is 1. The Morgan fingerprint density at radius 2 is 2.09 bits per heavy atom. The Morgan fingerprint density at radius 1 is 1.64 bits per heavy atom. The van der Waals surface area contributed by atoms with Crippen LogP contribution >= 0.6 is 32.3 Å². The average molecular weight is 288 g/mol. The number of carbonyl (C=O) groups excluding carboxylic acids is 2. The third-order valence-corrected chi connectivity index (χ3v) is 2.68. The van der Waals surface area contributed by atoms with E-state index in [9.17, 15) is 9.59 Å². The first-order valence-corrected chi connectivity index (χ1v) is 4.28. The lowest BCUT2D eigenvalue weighted by molar-refractivity contribution is -0.131. The van der Waals surface area contributed by atoms with Crippen LogP contribution in [0.4, 0.5) is 0 Å². The number of hydrogen-bond donors (Lipinski definition) is 1. The molecular weight excluding hydrogens is 280 g/mol. The maximum atomic E-state index is 11.0. The van der Waals surface area contributed by atoms with Gasteiger partial charge in [0.25, 0.3) is 5.91 Å². The molecule has 0 aliphatic heterocycles. The summed E-state index contributed by atoms with van der Waals surface area (Å²) in [6.45, 7) is 3.21. The van der Waals surface area contributed by atoms with Gasteiger partial charge in [-0.15, -0.1) is 0 Å². The maximum absolute atomic E-state index is 11.0. The first-order chi connectivity index (χ1) is 4.96. The summed E-state index contributed by atoms with van der Waals surface area (Å²) < 4.78 is 3.37. The van der Waals surface area contributed by atoms with Crippen LogP contribution in [0, 0.1) is 0 Å². The standard InChI is InChI=1S/C5H8Br2N2O2/c1-5(2,4(11)8-6)9(7)3-10/h3H,1-2H3,(H,8,11). The minimum absolute atomic E-state index is 0.304. The third kappa shape index (κ3) is 2.44. The highest BCUT2D eigenvalue weighted by Crippen LogP contribution is 2.16. The molecule has 0 bridgehead atoms. The van der Waals surface area contributed by atoms with Gasteiger partial charge in [0, 0.05) is 16.1 Å². The van der Waals surface area contributed by atoms with Gasteiger partial charge in [-0.25, -0.2) is 0 Å². The van der Waals surface area contributed by atoms with Gasteiger partial charge in [-0.2, -0.15) is 0 Å². The van der Waals surface area contributed by atoms with E-state index >= 15 is 0 Å². The predicted molar refractivity (Wildman–Crippen MR) is 48.0 cm³/mol. The lowest BCUT2D eigenvalue weighted by Crippen LogP contribution is -2.48. The van der Waals surface area contributed by atoms with E-state index < -0.39 is 5.54 Å². The molecular formula is C5H8Br2N2O2. The molecule has 1 N–H and O–H groups in total. The van der Waals surface area contributed by atoms with Gasteiger partial charge in [-0.3, -0.25) is 17.9 Å². The molecule has 0 heterocycles. The smallest absolute Gasteiger partial charge is 0.256 e. The van der Waals surface area contributed by atoms with Crippen LogP contribution in [-0.4, -0.2) is 21.8 Å². The van der Waals surface area contributed by atoms with E-state index in [1.807, 2.05) is 0 Å². The van der Waals surface area contributed by atoms with Crippen LogP contribution in [0.3, 0.4) is 0 Å². The Bertz CT molecular complexity index is 172. The van der Waals surface area contributed by atoms with Crippen LogP contribution in [0.15, 0.2) is 0 Å². The molecule has 0 aromatic rings. The summed E-state index contributed by atoms with van der Waals surface area (Å²) in [5.41, 5.74) is -0.898. The number of nitrogens with zero attached hydrogens (tertiary/aromatic N) is 1. The van der Waals surface area contributed by atoms with Gasteiger partial charge in [0.1, 0.15) is 5.54 Å². The quantitative estimate of drug-likeness (QED) is 0.621. The van der Waals surface area contributed by atoms with Crippen LogP contribution in [0.25, 0.3) is 0 Å². The van der Waals surface area contributed by atoms with Gasteiger partial charge >= 0.3 is 0 Å². The fraction of sp³-hybridized carbons (Fsp3) is 0.600. The van der Waals surface area contributed by atoms with Crippen molar-refractivity contribution in [2.75, 3.05) is 0 Å². The minimum Gasteiger partial charge on any atom is -0.291 e. The van der Waals surface area contributed by atoms with Gasteiger partial charge in [0.05, 0.1) is 16.1 Å². The van der Waals surface area contributed by atoms with Crippen molar-refractivity contribution in [2.24, 2.45) is 0 Å². The molecule has 6 heteroatoms. The van der Waals surface area contributed by atoms with Crippen molar-refractivity contribution in [3.05, 3.63) is 0 Å². The Kier molecular flexibility index (Phi) is 4.02. The number of carbonyl (C=O) groups is 2. The van der Waals surface area contributed by atoms with Crippen LogP contribution < -0.4 is 4.34 Å². The van der Waals surface area contributed by atoms with Crippen LogP contribution in [0.2, 0.25) is 0 Å². The van der Waals surface area contributed by atoms with Crippen molar-refractivity contribution >= 4 is 44.6 Å². The second-order valence-electron chi connectivity index (χ2n) is 2.40. The Labute approximate surface area is 82.0 Å². The fourth-order valence-corrected chi connectivity index (χ4v) is 0.991. The van der Waals surface area contributed by atoms with E-state index in [0.29, 0.717) is 6.41 Å². The normalized spacial score (nSPS) is 10.5. The van der Waals surface area contributed by atoms with Crippen molar-refractivity contribution in [1.82, 2.24) is 8.27 Å². The van der Waals surface area contributed by atoms with Gasteiger partial charge < -0.3 is 0 Å².